The molecular formula is C9H9NO4S. The number of hydrogen-bond acceptors (Lipinski definition) is 3. The first-order chi connectivity index (χ1) is 7.11. The normalized spacial score (nSPS) is 11.5. The van der Waals surface area contributed by atoms with Crippen molar-refractivity contribution in [3.8, 4) is 5.75 Å². The first-order valence-corrected chi connectivity index (χ1v) is 5.04. The summed E-state index contributed by atoms with van der Waals surface area (Å²) in [5.41, 5.74) is 0.453. The Hall–Kier alpha value is -1.66. The molecule has 0 radical (unpaired) electrons. The van der Waals surface area contributed by atoms with Crippen molar-refractivity contribution in [1.29, 1.82) is 0 Å². The Kier molecular flexibility index (Phi) is 4.02. The summed E-state index contributed by atoms with van der Waals surface area (Å²) in [6.07, 6.45) is 1.05. The van der Waals surface area contributed by atoms with Gasteiger partial charge < -0.3 is 4.74 Å². The predicted octanol–water partition coefficient (Wildman–Crippen LogP) is 1.33. The van der Waals surface area contributed by atoms with E-state index in [4.69, 9.17) is 9.29 Å². The van der Waals surface area contributed by atoms with Crippen LogP contribution < -0.4 is 9.46 Å². The van der Waals surface area contributed by atoms with Gasteiger partial charge in [0.1, 0.15) is 5.75 Å². The van der Waals surface area contributed by atoms with Crippen LogP contribution in [0.4, 0.5) is 5.69 Å². The molecule has 15 heavy (non-hydrogen) atoms. The van der Waals surface area contributed by atoms with E-state index in [1.54, 1.807) is 0 Å². The third-order valence-electron chi connectivity index (χ3n) is 1.44. The Morgan fingerprint density at radius 1 is 1.47 bits per heavy atom. The number of esters is 1. The van der Waals surface area contributed by atoms with Gasteiger partial charge in [-0.3, -0.25) is 9.27 Å². The van der Waals surface area contributed by atoms with E-state index >= 15 is 0 Å². The Bertz CT molecular complexity index is 388. The van der Waals surface area contributed by atoms with Crippen molar-refractivity contribution in [3.05, 3.63) is 36.9 Å². The summed E-state index contributed by atoms with van der Waals surface area (Å²) in [5.74, 6) is -0.212. The Morgan fingerprint density at radius 3 is 2.53 bits per heavy atom. The number of anilines is 1. The number of hydrogen-bond donors (Lipinski definition) is 2. The van der Waals surface area contributed by atoms with Crippen LogP contribution in [0, 0.1) is 0 Å². The van der Waals surface area contributed by atoms with Gasteiger partial charge in [-0.05, 0) is 24.3 Å². The van der Waals surface area contributed by atoms with Crippen molar-refractivity contribution in [2.45, 2.75) is 0 Å². The molecule has 6 heteroatoms. The van der Waals surface area contributed by atoms with Crippen LogP contribution in [-0.4, -0.2) is 14.7 Å². The molecule has 5 nitrogen and oxygen atoms in total. The van der Waals surface area contributed by atoms with E-state index < -0.39 is 17.2 Å². The lowest BCUT2D eigenvalue weighted by Gasteiger charge is -2.03. The zero-order valence-electron chi connectivity index (χ0n) is 7.67. The molecule has 1 aromatic carbocycles. The van der Waals surface area contributed by atoms with Gasteiger partial charge in [0.05, 0.1) is 0 Å². The lowest BCUT2D eigenvalue weighted by molar-refractivity contribution is -0.128. The highest BCUT2D eigenvalue weighted by molar-refractivity contribution is 7.80. The van der Waals surface area contributed by atoms with Crippen molar-refractivity contribution in [2.75, 3.05) is 4.72 Å². The predicted molar refractivity (Wildman–Crippen MR) is 56.7 cm³/mol. The minimum Gasteiger partial charge on any atom is -0.423 e. The van der Waals surface area contributed by atoms with Gasteiger partial charge in [-0.1, -0.05) is 6.58 Å². The van der Waals surface area contributed by atoms with Gasteiger partial charge in [0, 0.05) is 11.8 Å². The summed E-state index contributed by atoms with van der Waals surface area (Å²) in [5, 5.41) is 0. The molecule has 0 saturated carbocycles. The maximum atomic E-state index is 10.8. The average molecular weight is 227 g/mol. The lowest BCUT2D eigenvalue weighted by atomic mass is 10.3. The van der Waals surface area contributed by atoms with Crippen LogP contribution in [0.25, 0.3) is 0 Å². The molecule has 0 spiro atoms. The van der Waals surface area contributed by atoms with Crippen molar-refractivity contribution in [3.63, 3.8) is 0 Å². The van der Waals surface area contributed by atoms with Crippen LogP contribution in [0.15, 0.2) is 36.9 Å². The highest BCUT2D eigenvalue weighted by Gasteiger charge is 2.00. The van der Waals surface area contributed by atoms with Gasteiger partial charge in [0.25, 0.3) is 11.3 Å². The molecule has 80 valence electrons. The van der Waals surface area contributed by atoms with E-state index in [0.29, 0.717) is 11.4 Å². The van der Waals surface area contributed by atoms with Crippen LogP contribution >= 0.6 is 0 Å². The molecule has 0 aliphatic heterocycles. The van der Waals surface area contributed by atoms with Gasteiger partial charge in [-0.15, -0.1) is 0 Å². The smallest absolute Gasteiger partial charge is 0.335 e. The second kappa shape index (κ2) is 5.28. The van der Waals surface area contributed by atoms with E-state index in [1.165, 1.54) is 24.3 Å². The summed E-state index contributed by atoms with van der Waals surface area (Å²) < 4.78 is 26.0. The fourth-order valence-corrected chi connectivity index (χ4v) is 1.19. The number of nitrogens with one attached hydrogen (secondary N) is 1. The molecule has 1 unspecified atom stereocenters. The Labute approximate surface area is 89.2 Å². The largest absolute Gasteiger partial charge is 0.423 e. The molecule has 0 saturated heterocycles. The number of rotatable bonds is 4. The highest BCUT2D eigenvalue weighted by Crippen LogP contribution is 2.15. The average Bonchev–Trinajstić information content (AvgIpc) is 2.20. The third kappa shape index (κ3) is 3.92. The molecule has 2 N–H and O–H groups in total. The minimum absolute atomic E-state index is 0.342. The van der Waals surface area contributed by atoms with E-state index in [2.05, 4.69) is 11.3 Å². The van der Waals surface area contributed by atoms with Gasteiger partial charge in [-0.25, -0.2) is 9.00 Å². The van der Waals surface area contributed by atoms with Crippen LogP contribution in [0.2, 0.25) is 0 Å². The quantitative estimate of drug-likeness (QED) is 0.352. The Balaban J connectivity index is 2.67. The summed E-state index contributed by atoms with van der Waals surface area (Å²) in [4.78, 5) is 10.8. The first-order valence-electron chi connectivity index (χ1n) is 3.93. The molecule has 0 aliphatic carbocycles. The maximum absolute atomic E-state index is 10.8. The number of carbonyl (C=O) groups is 1. The van der Waals surface area contributed by atoms with E-state index in [9.17, 15) is 9.00 Å². The molecule has 1 aromatic rings. The maximum Gasteiger partial charge on any atom is 0.335 e. The molecule has 0 bridgehead atoms. The zero-order chi connectivity index (χ0) is 11.3. The molecule has 0 aliphatic rings. The summed E-state index contributed by atoms with van der Waals surface area (Å²) >= 11 is -2.11. The number of benzene rings is 1. The van der Waals surface area contributed by atoms with Crippen molar-refractivity contribution in [2.24, 2.45) is 0 Å². The van der Waals surface area contributed by atoms with E-state index in [-0.39, 0.29) is 0 Å². The summed E-state index contributed by atoms with van der Waals surface area (Å²) in [6, 6.07) is 6.02. The highest BCUT2D eigenvalue weighted by atomic mass is 32.2. The fraction of sp³-hybridized carbons (Fsp3) is 0. The summed E-state index contributed by atoms with van der Waals surface area (Å²) in [6.45, 7) is 3.25. The van der Waals surface area contributed by atoms with E-state index in [1.807, 2.05) is 0 Å². The zero-order valence-corrected chi connectivity index (χ0v) is 8.49. The number of ether oxygens (including phenoxy) is 1. The summed E-state index contributed by atoms with van der Waals surface area (Å²) in [7, 11) is 0. The molecule has 0 fully saturated rings. The fourth-order valence-electron chi connectivity index (χ4n) is 0.850. The van der Waals surface area contributed by atoms with E-state index in [0.717, 1.165) is 6.08 Å². The number of carbonyl (C=O) groups excluding carboxylic acids is 1. The van der Waals surface area contributed by atoms with Crippen LogP contribution in [0.3, 0.4) is 0 Å². The second-order valence-electron chi connectivity index (χ2n) is 2.50. The Morgan fingerprint density at radius 2 is 2.07 bits per heavy atom. The van der Waals surface area contributed by atoms with Gasteiger partial charge in [0.15, 0.2) is 0 Å². The first kappa shape index (κ1) is 11.4. The van der Waals surface area contributed by atoms with Gasteiger partial charge in [-0.2, -0.15) is 0 Å². The standard InChI is InChI=1S/C9H9NO4S/c1-2-9(11)14-8-5-3-7(4-6-8)10-15(12)13/h2-6,10H,1H2,(H,12,13). The lowest BCUT2D eigenvalue weighted by Crippen LogP contribution is -2.04. The molecule has 1 rings (SSSR count). The topological polar surface area (TPSA) is 75.6 Å². The van der Waals surface area contributed by atoms with Crippen molar-refractivity contribution < 1.29 is 18.3 Å². The monoisotopic (exact) mass is 227 g/mol. The SMILES string of the molecule is C=CC(=O)Oc1ccc(NS(=O)O)cc1. The molecule has 0 amide bonds. The third-order valence-corrected chi connectivity index (χ3v) is 1.85. The van der Waals surface area contributed by atoms with Crippen molar-refractivity contribution >= 4 is 22.9 Å². The minimum atomic E-state index is -2.11. The molecular weight excluding hydrogens is 218 g/mol. The van der Waals surface area contributed by atoms with Crippen LogP contribution in [0.5, 0.6) is 5.75 Å². The van der Waals surface area contributed by atoms with Crippen LogP contribution in [-0.2, 0) is 16.1 Å². The van der Waals surface area contributed by atoms with Gasteiger partial charge >= 0.3 is 5.97 Å². The van der Waals surface area contributed by atoms with Crippen molar-refractivity contribution in [1.82, 2.24) is 0 Å². The van der Waals surface area contributed by atoms with Gasteiger partial charge in [0.2, 0.25) is 0 Å². The molecule has 1 atom stereocenters. The second-order valence-corrected chi connectivity index (χ2v) is 3.20. The molecule has 0 aromatic heterocycles. The molecule has 0 heterocycles. The van der Waals surface area contributed by atoms with Crippen LogP contribution in [0.1, 0.15) is 0 Å².